The Balaban J connectivity index is 0. The average molecular weight is 1370 g/mol. The van der Waals surface area contributed by atoms with Crippen LogP contribution in [0.2, 0.25) is 0 Å². The third-order valence-corrected chi connectivity index (χ3v) is 16.6. The lowest BCUT2D eigenvalue weighted by Gasteiger charge is -2.12. The number of carbonyl (C=O) groups is 8. The number of hydrogen-bond acceptors (Lipinski definition) is 20. The van der Waals surface area contributed by atoms with Gasteiger partial charge in [0.25, 0.3) is 0 Å². The summed E-state index contributed by atoms with van der Waals surface area (Å²) in [6.45, 7) is 28.8. The van der Waals surface area contributed by atoms with Crippen molar-refractivity contribution in [1.29, 1.82) is 0 Å². The van der Waals surface area contributed by atoms with Crippen LogP contribution >= 0.6 is 0 Å². The van der Waals surface area contributed by atoms with Crippen LogP contribution < -0.4 is 0 Å². The molecule has 8 N–H and O–H groups in total. The number of aliphatic hydroxyl groups excluding tert-OH is 4. The standard InChI is InChI=1S/C36H54O10.C12H14O6.4C6H12O2/c1-9-23(10-2)33(37)41-19-27-17-29(31(45-27)21-43-35(39)25(13-5)14-6)30-18-28(20-42-34(38)24(11-3)12-4)46-32(30)22-44-36(40)26(15-7)16-8;13-3-7-1-9(11(5-15)17-7)10-2-8(4-14)18-12(10)6-16;4*1-3-5(4-2)6(7)8/h17-18,23-26H,9-16,19-22H2,1-8H3;1-2,13-16H,3-6H2;4*5H,3-4H2,1-2H3,(H,7,8). The van der Waals surface area contributed by atoms with Crippen molar-refractivity contribution >= 4 is 47.8 Å². The molecule has 0 spiro atoms. The van der Waals surface area contributed by atoms with Crippen LogP contribution in [0, 0.1) is 47.3 Å². The second kappa shape index (κ2) is 51.9. The molecule has 0 aliphatic rings. The van der Waals surface area contributed by atoms with E-state index in [9.17, 15) is 48.6 Å². The van der Waals surface area contributed by atoms with Gasteiger partial charge in [-0.1, -0.05) is 111 Å². The summed E-state index contributed by atoms with van der Waals surface area (Å²) in [6.07, 6.45) is 11.2. The van der Waals surface area contributed by atoms with Gasteiger partial charge in [-0.2, -0.15) is 0 Å². The maximum absolute atomic E-state index is 12.8. The van der Waals surface area contributed by atoms with Gasteiger partial charge in [0.2, 0.25) is 0 Å². The molecular formula is C72H116O24. The van der Waals surface area contributed by atoms with Crippen LogP contribution in [0.5, 0.6) is 0 Å². The normalized spacial score (nSPS) is 10.9. The average Bonchev–Trinajstić information content (AvgIpc) is 1.66. The molecule has 0 unspecified atom stereocenters. The second-order valence-electron chi connectivity index (χ2n) is 22.7. The fourth-order valence-electron chi connectivity index (χ4n) is 9.66. The molecule has 4 rings (SSSR count). The fourth-order valence-corrected chi connectivity index (χ4v) is 9.66. The monoisotopic (exact) mass is 1360 g/mol. The van der Waals surface area contributed by atoms with Gasteiger partial charge in [0.05, 0.1) is 47.3 Å². The highest BCUT2D eigenvalue weighted by Crippen LogP contribution is 2.36. The van der Waals surface area contributed by atoms with Crippen LogP contribution in [0.15, 0.2) is 41.9 Å². The summed E-state index contributed by atoms with van der Waals surface area (Å²) in [7, 11) is 0. The van der Waals surface area contributed by atoms with Crippen molar-refractivity contribution in [3.05, 3.63) is 70.3 Å². The summed E-state index contributed by atoms with van der Waals surface area (Å²) in [6, 6.07) is 6.54. The molecule has 0 aliphatic heterocycles. The lowest BCUT2D eigenvalue weighted by Crippen LogP contribution is -2.16. The molecular weight excluding hydrogens is 1250 g/mol. The second-order valence-corrected chi connectivity index (χ2v) is 22.7. The first-order chi connectivity index (χ1) is 45.7. The lowest BCUT2D eigenvalue weighted by atomic mass is 10.0. The Labute approximate surface area is 567 Å². The van der Waals surface area contributed by atoms with E-state index < -0.39 is 23.9 Å². The minimum atomic E-state index is -0.671. The van der Waals surface area contributed by atoms with Crippen LogP contribution in [-0.2, 0) is 110 Å². The van der Waals surface area contributed by atoms with Gasteiger partial charge < -0.3 is 77.5 Å². The molecule has 0 atom stereocenters. The molecule has 548 valence electrons. The van der Waals surface area contributed by atoms with Crippen molar-refractivity contribution in [3.8, 4) is 22.3 Å². The molecule has 0 saturated carbocycles. The van der Waals surface area contributed by atoms with Crippen LogP contribution in [0.4, 0.5) is 0 Å². The van der Waals surface area contributed by atoms with E-state index in [0.29, 0.717) is 108 Å². The highest BCUT2D eigenvalue weighted by molar-refractivity contribution is 5.76. The Morgan fingerprint density at radius 3 is 0.615 bits per heavy atom. The van der Waals surface area contributed by atoms with Crippen molar-refractivity contribution in [2.24, 2.45) is 47.3 Å². The SMILES string of the molecule is CCC(CC)C(=O)O.CCC(CC)C(=O)O.CCC(CC)C(=O)O.CCC(CC)C(=O)O.CCC(CC)C(=O)OCc1cc(-c2cc(COC(=O)C(CC)CC)oc2COC(=O)C(CC)CC)c(COC(=O)C(CC)CC)o1.OCc1cc(-c2cc(CO)oc2CO)c(CO)o1. The molecule has 4 heterocycles. The molecule has 0 aromatic carbocycles. The van der Waals surface area contributed by atoms with Crippen LogP contribution in [0.25, 0.3) is 22.3 Å². The van der Waals surface area contributed by atoms with Gasteiger partial charge in [-0.15, -0.1) is 0 Å². The van der Waals surface area contributed by atoms with Gasteiger partial charge in [0.1, 0.15) is 98.9 Å². The maximum Gasteiger partial charge on any atom is 0.309 e. The molecule has 24 heteroatoms. The maximum atomic E-state index is 12.8. The third-order valence-electron chi connectivity index (χ3n) is 16.6. The molecule has 0 bridgehead atoms. The first kappa shape index (κ1) is 90.8. The molecule has 96 heavy (non-hydrogen) atoms. The van der Waals surface area contributed by atoms with Gasteiger partial charge >= 0.3 is 47.8 Å². The van der Waals surface area contributed by atoms with E-state index in [0.717, 1.165) is 51.4 Å². The highest BCUT2D eigenvalue weighted by Gasteiger charge is 2.27. The largest absolute Gasteiger partial charge is 0.481 e. The van der Waals surface area contributed by atoms with Crippen molar-refractivity contribution in [3.63, 3.8) is 0 Å². The lowest BCUT2D eigenvalue weighted by molar-refractivity contribution is -0.152. The minimum Gasteiger partial charge on any atom is -0.481 e. The number of rotatable bonds is 38. The van der Waals surface area contributed by atoms with E-state index >= 15 is 0 Å². The highest BCUT2D eigenvalue weighted by atomic mass is 16.6. The third kappa shape index (κ3) is 32.2. The van der Waals surface area contributed by atoms with E-state index in [1.165, 1.54) is 0 Å². The molecule has 0 aliphatic carbocycles. The predicted octanol–water partition coefficient (Wildman–Crippen LogP) is 15.0. The number of aliphatic carboxylic acids is 4. The predicted molar refractivity (Wildman–Crippen MR) is 359 cm³/mol. The summed E-state index contributed by atoms with van der Waals surface area (Å²) < 4.78 is 45.1. The summed E-state index contributed by atoms with van der Waals surface area (Å²) in [4.78, 5) is 91.3. The van der Waals surface area contributed by atoms with Crippen LogP contribution in [0.1, 0.15) is 260 Å². The molecule has 0 amide bonds. The van der Waals surface area contributed by atoms with Gasteiger partial charge in [-0.3, -0.25) is 38.4 Å². The quantitative estimate of drug-likeness (QED) is 0.0153. The zero-order chi connectivity index (χ0) is 73.6. The van der Waals surface area contributed by atoms with E-state index in [4.69, 9.17) is 67.3 Å². The first-order valence-electron chi connectivity index (χ1n) is 34.2. The van der Waals surface area contributed by atoms with Gasteiger partial charge in [-0.25, -0.2) is 0 Å². The van der Waals surface area contributed by atoms with Gasteiger partial charge in [-0.05, 0) is 127 Å². The Hall–Kier alpha value is -7.28. The Morgan fingerprint density at radius 1 is 0.271 bits per heavy atom. The fraction of sp³-hybridized carbons (Fsp3) is 0.667. The molecule has 4 aromatic heterocycles. The number of carboxylic acids is 4. The van der Waals surface area contributed by atoms with Crippen LogP contribution in [0.3, 0.4) is 0 Å². The van der Waals surface area contributed by atoms with Crippen molar-refractivity contribution < 1.29 is 116 Å². The Morgan fingerprint density at radius 2 is 0.448 bits per heavy atom. The molecule has 24 nitrogen and oxygen atoms in total. The number of carboxylic acid groups (broad SMARTS) is 4. The van der Waals surface area contributed by atoms with Gasteiger partial charge in [0, 0.05) is 22.3 Å². The Bertz CT molecular complexity index is 2570. The zero-order valence-electron chi connectivity index (χ0n) is 60.0. The molecule has 0 fully saturated rings. The Kier molecular flexibility index (Phi) is 49.1. The van der Waals surface area contributed by atoms with Crippen LogP contribution in [-0.4, -0.2) is 88.6 Å². The minimum absolute atomic E-state index is 0.112. The van der Waals surface area contributed by atoms with E-state index in [-0.39, 0.29) is 136 Å². The number of esters is 4. The number of hydrogen-bond donors (Lipinski definition) is 8. The summed E-state index contributed by atoms with van der Waals surface area (Å²) in [5.41, 5.74) is 2.13. The van der Waals surface area contributed by atoms with E-state index in [2.05, 4.69) is 0 Å². The first-order valence-corrected chi connectivity index (χ1v) is 34.2. The van der Waals surface area contributed by atoms with E-state index in [1.54, 1.807) is 24.3 Å². The number of ether oxygens (including phenoxy) is 4. The topological polar surface area (TPSA) is 388 Å². The summed E-state index contributed by atoms with van der Waals surface area (Å²) in [5, 5.41) is 69.9. The number of carbonyl (C=O) groups excluding carboxylic acids is 4. The van der Waals surface area contributed by atoms with Crippen molar-refractivity contribution in [2.45, 2.75) is 266 Å². The number of aliphatic hydroxyl groups is 4. The smallest absolute Gasteiger partial charge is 0.309 e. The summed E-state index contributed by atoms with van der Waals surface area (Å²) in [5.74, 6) is -2.92. The summed E-state index contributed by atoms with van der Waals surface area (Å²) >= 11 is 0. The molecule has 4 aromatic rings. The zero-order valence-corrected chi connectivity index (χ0v) is 60.0. The number of furan rings is 4. The molecule has 0 saturated heterocycles. The van der Waals surface area contributed by atoms with Crippen molar-refractivity contribution in [2.75, 3.05) is 0 Å². The molecule has 0 radical (unpaired) electrons. The van der Waals surface area contributed by atoms with Crippen molar-refractivity contribution in [1.82, 2.24) is 0 Å². The van der Waals surface area contributed by atoms with E-state index in [1.807, 2.05) is 111 Å². The van der Waals surface area contributed by atoms with Gasteiger partial charge in [0.15, 0.2) is 0 Å².